The molecule has 0 spiro atoms. The molecule has 0 bridgehead atoms. The Morgan fingerprint density at radius 2 is 1.95 bits per heavy atom. The molecule has 1 heterocycles. The first-order valence-electron chi connectivity index (χ1n) is 4.72. The number of hydrogen-bond acceptors (Lipinski definition) is 6. The van der Waals surface area contributed by atoms with Gasteiger partial charge in [0.1, 0.15) is 7.05 Å². The second kappa shape index (κ2) is 8.43. The molecule has 1 rings (SSSR count). The van der Waals surface area contributed by atoms with E-state index in [1.54, 1.807) is 13.2 Å². The second-order valence-electron chi connectivity index (χ2n) is 3.87. The molecule has 102 valence electrons. The number of rotatable bonds is 4. The fourth-order valence-electron chi connectivity index (χ4n) is 1.39. The molecule has 2 unspecified atom stereocenters. The van der Waals surface area contributed by atoms with Crippen LogP contribution in [0, 0.1) is 0 Å². The number of pyridine rings is 1. The Morgan fingerprint density at radius 3 is 2.30 bits per heavy atom. The van der Waals surface area contributed by atoms with Crippen molar-refractivity contribution < 1.29 is 97.8 Å². The number of aliphatic hydroxyl groups is 1. The zero-order chi connectivity index (χ0) is 14.2. The Hall–Kier alpha value is 1.57. The predicted molar refractivity (Wildman–Crippen MR) is 55.2 cm³/mol. The molecule has 0 radical (unpaired) electrons. The minimum Gasteiger partial charge on any atom is -0.774 e. The van der Waals surface area contributed by atoms with E-state index in [0.29, 0.717) is 0 Å². The minimum absolute atomic E-state index is 0. The molecule has 0 fully saturated rings. The molecule has 20 heavy (non-hydrogen) atoms. The molecule has 0 aliphatic carbocycles. The molecule has 8 nitrogen and oxygen atoms in total. The van der Waals surface area contributed by atoms with Crippen LogP contribution in [0.25, 0.3) is 0 Å². The second-order valence-corrected chi connectivity index (χ2v) is 7.78. The van der Waals surface area contributed by atoms with Gasteiger partial charge in [0, 0.05) is 11.6 Å². The summed E-state index contributed by atoms with van der Waals surface area (Å²) in [6.07, 6.45) is 1.96. The van der Waals surface area contributed by atoms with E-state index in [-0.39, 0.29) is 64.7 Å². The number of aromatic nitrogens is 1. The van der Waals surface area contributed by atoms with Gasteiger partial charge in [-0.05, 0) is 6.07 Å². The van der Waals surface area contributed by atoms with E-state index in [1.807, 2.05) is 0 Å². The Kier molecular flexibility index (Phi) is 10.0. The van der Waals surface area contributed by atoms with Crippen LogP contribution >= 0.6 is 15.5 Å². The maximum Gasteiger partial charge on any atom is 1.00 e. The summed E-state index contributed by atoms with van der Waals surface area (Å²) in [7, 11) is -9.85. The van der Waals surface area contributed by atoms with E-state index in [4.69, 9.17) is 9.79 Å². The van der Waals surface area contributed by atoms with E-state index in [9.17, 15) is 24.4 Å². The summed E-state index contributed by atoms with van der Waals surface area (Å²) in [4.78, 5) is 50.6. The van der Waals surface area contributed by atoms with Gasteiger partial charge < -0.3 is 29.2 Å². The maximum absolute atomic E-state index is 11.0. The topological polar surface area (TPSA) is 151 Å². The van der Waals surface area contributed by atoms with Gasteiger partial charge in [-0.25, -0.2) is 4.57 Å². The number of nitrogens with zero attached hydrogens (tertiary/aromatic N) is 1. The first kappa shape index (κ1) is 23.8. The Balaban J connectivity index is 0. The summed E-state index contributed by atoms with van der Waals surface area (Å²) < 4.78 is 12.5. The quantitative estimate of drug-likeness (QED) is 0.279. The van der Waals surface area contributed by atoms with Crippen LogP contribution in [0.3, 0.4) is 0 Å². The minimum atomic E-state index is -5.72. The van der Waals surface area contributed by atoms with Crippen LogP contribution in [0.1, 0.15) is 5.56 Å². The molecule has 0 amide bonds. The summed E-state index contributed by atoms with van der Waals surface area (Å²) in [6.45, 7) is 0. The molecule has 0 aromatic carbocycles. The summed E-state index contributed by atoms with van der Waals surface area (Å²) in [6, 6.07) is 2.83. The fraction of sp³-hybridized carbons (Fsp3) is 0.375. The Bertz CT molecular complexity index is 492. The van der Waals surface area contributed by atoms with Gasteiger partial charge in [0.15, 0.2) is 12.4 Å². The molecule has 2 atom stereocenters. The van der Waals surface area contributed by atoms with Crippen molar-refractivity contribution in [3.63, 3.8) is 0 Å². The third kappa shape index (κ3) is 5.65. The molecule has 1 aromatic heterocycles. The monoisotopic (exact) mass is 342 g/mol. The van der Waals surface area contributed by atoms with Crippen molar-refractivity contribution in [3.8, 4) is 0 Å². The van der Waals surface area contributed by atoms with Gasteiger partial charge in [0.2, 0.25) is 7.60 Å². The van der Waals surface area contributed by atoms with E-state index in [2.05, 4.69) is 0 Å². The van der Waals surface area contributed by atoms with Gasteiger partial charge in [0.25, 0.3) is 5.08 Å². The van der Waals surface area contributed by atoms with Crippen molar-refractivity contribution in [2.45, 2.75) is 11.5 Å². The van der Waals surface area contributed by atoms with Gasteiger partial charge in [-0.2, -0.15) is 0 Å². The van der Waals surface area contributed by atoms with Crippen LogP contribution < -0.4 is 78.4 Å². The third-order valence-electron chi connectivity index (χ3n) is 2.35. The van der Waals surface area contributed by atoms with Crippen LogP contribution in [0.5, 0.6) is 0 Å². The summed E-state index contributed by atoms with van der Waals surface area (Å²) in [5.41, 5.74) is 0.109. The van der Waals surface area contributed by atoms with Gasteiger partial charge >= 0.3 is 59.1 Å². The Labute approximate surface area is 160 Å². The average molecular weight is 342 g/mol. The van der Waals surface area contributed by atoms with Crippen molar-refractivity contribution in [2.24, 2.45) is 7.05 Å². The van der Waals surface area contributed by atoms with Crippen molar-refractivity contribution in [1.29, 1.82) is 0 Å². The average Bonchev–Trinajstić information content (AvgIpc) is 2.13. The predicted octanol–water partition coefficient (Wildman–Crippen LogP) is -9.27. The van der Waals surface area contributed by atoms with Gasteiger partial charge in [-0.15, -0.1) is 0 Å². The van der Waals surface area contributed by atoms with E-state index in [1.165, 1.54) is 22.9 Å². The number of hydrogen-bond donors (Lipinski definition) is 3. The van der Waals surface area contributed by atoms with Crippen molar-refractivity contribution in [3.05, 3.63) is 30.1 Å². The van der Waals surface area contributed by atoms with E-state index < -0.39 is 27.0 Å². The van der Waals surface area contributed by atoms with Crippen LogP contribution in [0.4, 0.5) is 0 Å². The molecular weight excluding hydrogens is 330 g/mol. The molecule has 0 saturated heterocycles. The van der Waals surface area contributed by atoms with Crippen LogP contribution in [-0.4, -0.2) is 20.0 Å². The number of aryl methyl sites for hydroxylation is 1. The standard InChI is InChI=1S/C8H13NO7P2.2Na/c1-9-4-2-3-7(6-9)5-8(10,17(11,12)13)18(14,15)16;;/h2-4,6,10H,5H2,1H3,(H3-,11,12,13,14,15,16);;/q;2*+1/p-1. The molecule has 3 N–H and O–H groups in total. The summed E-state index contributed by atoms with van der Waals surface area (Å²) in [5, 5.41) is 5.94. The SMILES string of the molecule is C[n+]1cccc(CC(O)(P(=O)([O-])O)[P+]([O-])([O-])O)c1.[Na+].[Na+]. The smallest absolute Gasteiger partial charge is 0.774 e. The van der Waals surface area contributed by atoms with Crippen molar-refractivity contribution >= 4 is 15.5 Å². The normalized spacial score (nSPS) is 17.1. The van der Waals surface area contributed by atoms with Gasteiger partial charge in [-0.1, -0.05) is 0 Å². The summed E-state index contributed by atoms with van der Waals surface area (Å²) >= 11 is 0. The van der Waals surface area contributed by atoms with Gasteiger partial charge in [-0.3, -0.25) is 4.89 Å². The molecule has 12 heteroatoms. The summed E-state index contributed by atoms with van der Waals surface area (Å²) in [5.74, 6) is 0. The first-order chi connectivity index (χ1) is 7.97. The largest absolute Gasteiger partial charge is 1.00 e. The van der Waals surface area contributed by atoms with E-state index >= 15 is 0 Å². The fourth-order valence-corrected chi connectivity index (χ4v) is 3.43. The zero-order valence-electron chi connectivity index (χ0n) is 11.3. The zero-order valence-corrected chi connectivity index (χ0v) is 17.1. The van der Waals surface area contributed by atoms with Crippen molar-refractivity contribution in [2.75, 3.05) is 0 Å². The van der Waals surface area contributed by atoms with Crippen molar-refractivity contribution in [1.82, 2.24) is 0 Å². The third-order valence-corrected chi connectivity index (χ3v) is 5.99. The van der Waals surface area contributed by atoms with Crippen LogP contribution in [0.2, 0.25) is 0 Å². The van der Waals surface area contributed by atoms with E-state index in [0.717, 1.165) is 0 Å². The first-order valence-corrected chi connectivity index (χ1v) is 7.87. The van der Waals surface area contributed by atoms with Crippen LogP contribution in [-0.2, 0) is 18.0 Å². The molecule has 0 saturated carbocycles. The Morgan fingerprint density at radius 1 is 1.45 bits per heavy atom. The van der Waals surface area contributed by atoms with Gasteiger partial charge in [0.05, 0.1) is 14.4 Å². The molecule has 0 aliphatic heterocycles. The van der Waals surface area contributed by atoms with Crippen LogP contribution in [0.15, 0.2) is 24.5 Å². The molecule has 0 aliphatic rings. The molecule has 1 aromatic rings. The maximum atomic E-state index is 11.0. The molecular formula is C8H12NNa2O7P2+.